The van der Waals surface area contributed by atoms with E-state index in [1.54, 1.807) is 7.05 Å². The number of hydrogen-bond acceptors (Lipinski definition) is 5. The van der Waals surface area contributed by atoms with Crippen LogP contribution in [0.25, 0.3) is 10.1 Å². The van der Waals surface area contributed by atoms with Crippen LogP contribution in [0.15, 0.2) is 42.5 Å². The fourth-order valence-corrected chi connectivity index (χ4v) is 7.05. The van der Waals surface area contributed by atoms with Gasteiger partial charge in [0.25, 0.3) is 5.91 Å². The largest absolute Gasteiger partial charge is 0.329 e. The average Bonchev–Trinajstić information content (AvgIpc) is 3.53. The summed E-state index contributed by atoms with van der Waals surface area (Å²) in [6.07, 6.45) is 0.528. The van der Waals surface area contributed by atoms with Crippen LogP contribution < -0.4 is 5.32 Å². The van der Waals surface area contributed by atoms with Gasteiger partial charge < -0.3 is 15.1 Å². The van der Waals surface area contributed by atoms with Gasteiger partial charge in [-0.25, -0.2) is 4.39 Å². The molecule has 1 aromatic heterocycles. The number of likely N-dealkylation sites (N-methyl/N-ethyl adjacent to an activating group) is 1. The van der Waals surface area contributed by atoms with Crippen LogP contribution in [0.3, 0.4) is 0 Å². The quantitative estimate of drug-likeness (QED) is 0.471. The summed E-state index contributed by atoms with van der Waals surface area (Å²) in [7, 11) is 1.54. The number of nitriles is 1. The Morgan fingerprint density at radius 2 is 2.05 bits per heavy atom. The van der Waals surface area contributed by atoms with Crippen molar-refractivity contribution >= 4 is 56.4 Å². The summed E-state index contributed by atoms with van der Waals surface area (Å²) >= 11 is 7.59. The number of carbonyl (C=O) groups is 3. The van der Waals surface area contributed by atoms with Gasteiger partial charge in [-0.3, -0.25) is 14.4 Å². The zero-order chi connectivity index (χ0) is 27.4. The van der Waals surface area contributed by atoms with Crippen LogP contribution in [-0.2, 0) is 15.0 Å². The first-order valence-corrected chi connectivity index (χ1v) is 13.5. The lowest BCUT2D eigenvalue weighted by Crippen LogP contribution is -2.51. The summed E-state index contributed by atoms with van der Waals surface area (Å²) in [5.74, 6) is -1.46. The van der Waals surface area contributed by atoms with E-state index in [9.17, 15) is 24.0 Å². The number of anilines is 1. The second-order valence-corrected chi connectivity index (χ2v) is 11.8. The molecule has 1 saturated heterocycles. The summed E-state index contributed by atoms with van der Waals surface area (Å²) in [4.78, 5) is 43.9. The van der Waals surface area contributed by atoms with Crippen LogP contribution in [0.5, 0.6) is 0 Å². The molecule has 196 valence electrons. The summed E-state index contributed by atoms with van der Waals surface area (Å²) in [6.45, 7) is 3.94. The molecule has 0 aliphatic carbocycles. The number of halogens is 2. The first-order chi connectivity index (χ1) is 18.1. The number of rotatable bonds is 5. The molecule has 10 heteroatoms. The van der Waals surface area contributed by atoms with E-state index in [-0.39, 0.29) is 34.7 Å². The van der Waals surface area contributed by atoms with Crippen molar-refractivity contribution in [3.8, 4) is 6.07 Å². The number of nitrogens with zero attached hydrogens (tertiary/aromatic N) is 3. The number of para-hydroxylation sites is 1. The third-order valence-corrected chi connectivity index (χ3v) is 9.11. The Morgan fingerprint density at radius 1 is 1.32 bits per heavy atom. The van der Waals surface area contributed by atoms with Gasteiger partial charge in [0.15, 0.2) is 0 Å². The van der Waals surface area contributed by atoms with Gasteiger partial charge in [-0.15, -0.1) is 11.3 Å². The van der Waals surface area contributed by atoms with Gasteiger partial charge in [-0.2, -0.15) is 5.26 Å². The van der Waals surface area contributed by atoms with Crippen LogP contribution in [0, 0.1) is 23.1 Å². The van der Waals surface area contributed by atoms with E-state index in [0.29, 0.717) is 22.2 Å². The van der Waals surface area contributed by atoms with Crippen LogP contribution in [0.1, 0.15) is 41.9 Å². The van der Waals surface area contributed by atoms with E-state index in [1.165, 1.54) is 28.0 Å². The Bertz CT molecular complexity index is 1520. The maximum absolute atomic E-state index is 14.1. The zero-order valence-electron chi connectivity index (χ0n) is 21.1. The molecule has 2 aliphatic rings. The molecule has 1 fully saturated rings. The molecule has 1 spiro atoms. The van der Waals surface area contributed by atoms with Gasteiger partial charge in [0.2, 0.25) is 11.8 Å². The number of nitrogens with one attached hydrogen (secondary N) is 1. The number of amides is 3. The number of fused-ring (bicyclic) bond motifs is 3. The molecule has 3 amide bonds. The third kappa shape index (κ3) is 4.12. The maximum Gasteiger partial charge on any atom is 0.265 e. The number of thiophene rings is 1. The monoisotopic (exact) mass is 552 g/mol. The predicted octanol–water partition coefficient (Wildman–Crippen LogP) is 5.20. The van der Waals surface area contributed by atoms with Crippen molar-refractivity contribution in [2.24, 2.45) is 5.92 Å². The summed E-state index contributed by atoms with van der Waals surface area (Å²) in [6, 6.07) is 12.0. The lowest BCUT2D eigenvalue weighted by Gasteiger charge is -2.33. The summed E-state index contributed by atoms with van der Waals surface area (Å²) in [5.41, 5.74) is 0.441. The van der Waals surface area contributed by atoms with Crippen molar-refractivity contribution in [3.05, 3.63) is 63.7 Å². The molecule has 38 heavy (non-hydrogen) atoms. The first kappa shape index (κ1) is 26.1. The fraction of sp³-hybridized carbons (Fsp3) is 0.357. The molecule has 3 heterocycles. The smallest absolute Gasteiger partial charge is 0.265 e. The lowest BCUT2D eigenvalue weighted by atomic mass is 9.80. The highest BCUT2D eigenvalue weighted by Crippen LogP contribution is 2.46. The lowest BCUT2D eigenvalue weighted by molar-refractivity contribution is -0.136. The molecule has 3 aromatic rings. The molecule has 0 saturated carbocycles. The van der Waals surface area contributed by atoms with Crippen molar-refractivity contribution in [1.29, 1.82) is 5.26 Å². The Kier molecular flexibility index (Phi) is 6.66. The molecule has 0 radical (unpaired) electrons. The topological polar surface area (TPSA) is 93.5 Å². The van der Waals surface area contributed by atoms with E-state index in [0.717, 1.165) is 16.9 Å². The van der Waals surface area contributed by atoms with Crippen molar-refractivity contribution in [2.75, 3.05) is 18.9 Å². The van der Waals surface area contributed by atoms with Crippen molar-refractivity contribution in [3.63, 3.8) is 0 Å². The van der Waals surface area contributed by atoms with Gasteiger partial charge >= 0.3 is 0 Å². The van der Waals surface area contributed by atoms with Gasteiger partial charge in [-0.05, 0) is 42.2 Å². The third-order valence-electron chi connectivity index (χ3n) is 7.47. The van der Waals surface area contributed by atoms with E-state index in [2.05, 4.69) is 11.4 Å². The number of benzene rings is 2. The first-order valence-electron chi connectivity index (χ1n) is 12.3. The maximum atomic E-state index is 14.1. The zero-order valence-corrected chi connectivity index (χ0v) is 22.7. The number of carbonyl (C=O) groups excluding carboxylic acids is 3. The van der Waals surface area contributed by atoms with Crippen LogP contribution in [-0.4, -0.2) is 53.2 Å². The molecular weight excluding hydrogens is 527 g/mol. The molecule has 2 aromatic carbocycles. The van der Waals surface area contributed by atoms with E-state index in [4.69, 9.17) is 11.6 Å². The van der Waals surface area contributed by atoms with Crippen LogP contribution in [0.4, 0.5) is 10.1 Å². The van der Waals surface area contributed by atoms with Gasteiger partial charge in [-0.1, -0.05) is 43.6 Å². The molecule has 0 unspecified atom stereocenters. The van der Waals surface area contributed by atoms with Gasteiger partial charge in [0.05, 0.1) is 16.5 Å². The van der Waals surface area contributed by atoms with E-state index in [1.807, 2.05) is 38.1 Å². The summed E-state index contributed by atoms with van der Waals surface area (Å²) in [5, 5.41) is 13.7. The molecule has 7 nitrogen and oxygen atoms in total. The SMILES string of the molecule is CC(C)C[C@@H](C(=O)N1C[C@]2(C[C@H]1C#N)C(=O)Nc1ccccc12)N(C)C(=O)c1sc2cc(F)ccc2c1Cl. The predicted molar refractivity (Wildman–Crippen MR) is 145 cm³/mol. The summed E-state index contributed by atoms with van der Waals surface area (Å²) < 4.78 is 14.3. The second-order valence-electron chi connectivity index (χ2n) is 10.3. The standard InChI is InChI=1S/C28H26ClFN4O3S/c1-15(2)10-21(33(3)26(36)24-23(29)18-9-8-16(30)11-22(18)38-24)25(35)34-14-28(12-17(34)13-31)19-6-4-5-7-20(19)32-27(28)37/h4-9,11,15,17,21H,10,12,14H2,1-3H3,(H,32,37)/t17-,21-,28-/m0/s1. The van der Waals surface area contributed by atoms with Crippen molar-refractivity contribution in [1.82, 2.24) is 9.80 Å². The average molecular weight is 553 g/mol. The van der Waals surface area contributed by atoms with Crippen LogP contribution >= 0.6 is 22.9 Å². The Morgan fingerprint density at radius 3 is 2.76 bits per heavy atom. The van der Waals surface area contributed by atoms with E-state index < -0.39 is 35.1 Å². The van der Waals surface area contributed by atoms with Crippen LogP contribution in [0.2, 0.25) is 5.02 Å². The Labute approximate surface area is 228 Å². The molecule has 5 rings (SSSR count). The van der Waals surface area contributed by atoms with Gasteiger partial charge in [0, 0.05) is 35.8 Å². The Hall–Kier alpha value is -3.48. The number of likely N-dealkylation sites (tertiary alicyclic amines) is 1. The normalized spacial score (nSPS) is 21.0. The number of hydrogen-bond donors (Lipinski definition) is 1. The highest BCUT2D eigenvalue weighted by atomic mass is 35.5. The minimum Gasteiger partial charge on any atom is -0.329 e. The van der Waals surface area contributed by atoms with Gasteiger partial charge in [0.1, 0.15) is 22.8 Å². The fourth-order valence-electron chi connectivity index (χ4n) is 5.53. The molecule has 3 atom stereocenters. The highest BCUT2D eigenvalue weighted by Gasteiger charge is 2.56. The van der Waals surface area contributed by atoms with E-state index >= 15 is 0 Å². The second kappa shape index (κ2) is 9.68. The molecule has 2 aliphatic heterocycles. The highest BCUT2D eigenvalue weighted by molar-refractivity contribution is 7.21. The molecule has 1 N–H and O–H groups in total. The Balaban J connectivity index is 1.48. The van der Waals surface area contributed by atoms with Crippen molar-refractivity contribution in [2.45, 2.75) is 44.2 Å². The minimum absolute atomic E-state index is 0.0481. The molecule has 0 bridgehead atoms. The minimum atomic E-state index is -1.02. The van der Waals surface area contributed by atoms with Crippen molar-refractivity contribution < 1.29 is 18.8 Å². The molecular formula is C28H26ClFN4O3S.